The van der Waals surface area contributed by atoms with Crippen molar-refractivity contribution in [1.82, 2.24) is 9.78 Å². The number of aryl methyl sites for hydroxylation is 2. The number of aromatic nitrogens is 2. The van der Waals surface area contributed by atoms with Crippen LogP contribution in [0.3, 0.4) is 0 Å². The number of hydrogen-bond donors (Lipinski definition) is 0. The Kier molecular flexibility index (Phi) is 4.67. The number of ether oxygens (including phenoxy) is 1. The smallest absolute Gasteiger partial charge is 0.348 e. The average Bonchev–Trinajstić information content (AvgIpc) is 2.95. The summed E-state index contributed by atoms with van der Waals surface area (Å²) in [6.07, 6.45) is 0. The van der Waals surface area contributed by atoms with Crippen LogP contribution in [0.2, 0.25) is 0 Å². The second kappa shape index (κ2) is 6.76. The molecule has 0 aliphatic rings. The molecule has 0 amide bonds. The van der Waals surface area contributed by atoms with Gasteiger partial charge in [-0.15, -0.1) is 11.3 Å². The number of carbonyl (C=O) groups excluding carboxylic acids is 1. The fourth-order valence-corrected chi connectivity index (χ4v) is 3.84. The molecule has 0 saturated carbocycles. The molecule has 0 radical (unpaired) electrons. The van der Waals surface area contributed by atoms with E-state index in [1.165, 1.54) is 16.8 Å². The number of halogens is 1. The van der Waals surface area contributed by atoms with Crippen LogP contribution >= 0.6 is 11.3 Å². The van der Waals surface area contributed by atoms with Crippen LogP contribution in [0, 0.1) is 12.7 Å². The minimum absolute atomic E-state index is 0.244. The van der Waals surface area contributed by atoms with E-state index in [-0.39, 0.29) is 18.0 Å². The molecule has 130 valence electrons. The van der Waals surface area contributed by atoms with Crippen molar-refractivity contribution in [2.45, 2.75) is 27.3 Å². The van der Waals surface area contributed by atoms with Gasteiger partial charge in [0, 0.05) is 17.5 Å². The second-order valence-corrected chi connectivity index (χ2v) is 6.48. The predicted octanol–water partition coefficient (Wildman–Crippen LogP) is 3.77. The molecule has 25 heavy (non-hydrogen) atoms. The largest absolute Gasteiger partial charge is 0.462 e. The number of esters is 1. The molecule has 3 rings (SSSR count). The topological polar surface area (TPSA) is 61.2 Å². The summed E-state index contributed by atoms with van der Waals surface area (Å²) >= 11 is 1.12. The molecule has 7 heteroatoms. The first-order chi connectivity index (χ1) is 12.0. The van der Waals surface area contributed by atoms with E-state index < -0.39 is 5.97 Å². The Balaban J connectivity index is 2.36. The molecule has 0 aliphatic carbocycles. The summed E-state index contributed by atoms with van der Waals surface area (Å²) < 4.78 is 20.2. The number of thiophene rings is 1. The number of fused-ring (bicyclic) bond motifs is 1. The minimum atomic E-state index is -0.450. The quantitative estimate of drug-likeness (QED) is 0.665. The average molecular weight is 360 g/mol. The van der Waals surface area contributed by atoms with Crippen LogP contribution in [0.5, 0.6) is 0 Å². The van der Waals surface area contributed by atoms with E-state index in [0.29, 0.717) is 38.3 Å². The second-order valence-electron chi connectivity index (χ2n) is 5.46. The van der Waals surface area contributed by atoms with Crippen molar-refractivity contribution >= 4 is 27.4 Å². The Bertz CT molecular complexity index is 1010. The standard InChI is InChI=1S/C18H17FN2O3S/c1-4-21-17(22)16-13(10(3)15(25-16)18(23)24-5-2)14(20-21)11-6-8-12(19)9-7-11/h6-9H,4-5H2,1-3H3. The van der Waals surface area contributed by atoms with E-state index in [1.54, 1.807) is 26.0 Å². The molecule has 3 aromatic rings. The van der Waals surface area contributed by atoms with E-state index in [1.807, 2.05) is 6.92 Å². The molecule has 0 unspecified atom stereocenters. The maximum Gasteiger partial charge on any atom is 0.348 e. The van der Waals surface area contributed by atoms with E-state index in [9.17, 15) is 14.0 Å². The van der Waals surface area contributed by atoms with E-state index in [0.717, 1.165) is 11.3 Å². The van der Waals surface area contributed by atoms with Gasteiger partial charge in [0.2, 0.25) is 0 Å². The van der Waals surface area contributed by atoms with Gasteiger partial charge in [0.1, 0.15) is 21.1 Å². The lowest BCUT2D eigenvalue weighted by molar-refractivity contribution is 0.0531. The summed E-state index contributed by atoms with van der Waals surface area (Å²) in [6.45, 7) is 5.98. The molecule has 2 heterocycles. The molecule has 0 N–H and O–H groups in total. The Morgan fingerprint density at radius 2 is 1.96 bits per heavy atom. The highest BCUT2D eigenvalue weighted by Gasteiger charge is 2.23. The fourth-order valence-electron chi connectivity index (χ4n) is 2.70. The summed E-state index contributed by atoms with van der Waals surface area (Å²) in [6, 6.07) is 5.92. The molecular formula is C18H17FN2O3S. The zero-order valence-corrected chi connectivity index (χ0v) is 14.9. The Morgan fingerprint density at radius 3 is 2.56 bits per heavy atom. The van der Waals surface area contributed by atoms with Crippen LogP contribution in [-0.4, -0.2) is 22.4 Å². The third-order valence-corrected chi connectivity index (χ3v) is 5.17. The van der Waals surface area contributed by atoms with Gasteiger partial charge in [-0.2, -0.15) is 5.10 Å². The first kappa shape index (κ1) is 17.3. The number of rotatable bonds is 4. The van der Waals surface area contributed by atoms with E-state index >= 15 is 0 Å². The molecule has 0 fully saturated rings. The van der Waals surface area contributed by atoms with Crippen molar-refractivity contribution in [3.05, 3.63) is 50.9 Å². The lowest BCUT2D eigenvalue weighted by Crippen LogP contribution is -2.22. The van der Waals surface area contributed by atoms with Crippen molar-refractivity contribution in [1.29, 1.82) is 0 Å². The zero-order chi connectivity index (χ0) is 18.1. The summed E-state index contributed by atoms with van der Waals surface area (Å²) in [5.74, 6) is -0.799. The van der Waals surface area contributed by atoms with Gasteiger partial charge in [-0.3, -0.25) is 4.79 Å². The van der Waals surface area contributed by atoms with Gasteiger partial charge in [0.15, 0.2) is 0 Å². The van der Waals surface area contributed by atoms with Crippen LogP contribution in [0.4, 0.5) is 4.39 Å². The van der Waals surface area contributed by atoms with Gasteiger partial charge in [0.05, 0.1) is 6.61 Å². The fraction of sp³-hybridized carbons (Fsp3) is 0.278. The van der Waals surface area contributed by atoms with Gasteiger partial charge in [-0.25, -0.2) is 13.9 Å². The van der Waals surface area contributed by atoms with Crippen LogP contribution in [0.25, 0.3) is 21.3 Å². The van der Waals surface area contributed by atoms with Crippen molar-refractivity contribution in [2.24, 2.45) is 0 Å². The van der Waals surface area contributed by atoms with Gasteiger partial charge in [-0.05, 0) is 50.6 Å². The third kappa shape index (κ3) is 2.95. The predicted molar refractivity (Wildman–Crippen MR) is 95.6 cm³/mol. The van der Waals surface area contributed by atoms with Gasteiger partial charge >= 0.3 is 5.97 Å². The third-order valence-electron chi connectivity index (χ3n) is 3.91. The zero-order valence-electron chi connectivity index (χ0n) is 14.1. The highest BCUT2D eigenvalue weighted by molar-refractivity contribution is 7.21. The van der Waals surface area contributed by atoms with Crippen LogP contribution < -0.4 is 5.56 Å². The monoisotopic (exact) mass is 360 g/mol. The molecule has 0 aliphatic heterocycles. The molecule has 2 aromatic heterocycles. The molecule has 0 spiro atoms. The highest BCUT2D eigenvalue weighted by atomic mass is 32.1. The summed E-state index contributed by atoms with van der Waals surface area (Å²) in [4.78, 5) is 25.2. The van der Waals surface area contributed by atoms with Gasteiger partial charge in [-0.1, -0.05) is 0 Å². The number of nitrogens with zero attached hydrogens (tertiary/aromatic N) is 2. The Labute approximate surface area is 147 Å². The number of carbonyl (C=O) groups is 1. The van der Waals surface area contributed by atoms with Gasteiger partial charge in [0.25, 0.3) is 5.56 Å². The normalized spacial score (nSPS) is 11.0. The maximum atomic E-state index is 13.3. The summed E-state index contributed by atoms with van der Waals surface area (Å²) in [5, 5.41) is 5.05. The van der Waals surface area contributed by atoms with Crippen molar-refractivity contribution in [3.8, 4) is 11.3 Å². The Morgan fingerprint density at radius 1 is 1.28 bits per heavy atom. The van der Waals surface area contributed by atoms with Crippen LogP contribution in [-0.2, 0) is 11.3 Å². The maximum absolute atomic E-state index is 13.3. The van der Waals surface area contributed by atoms with Crippen LogP contribution in [0.1, 0.15) is 29.1 Å². The van der Waals surface area contributed by atoms with Gasteiger partial charge < -0.3 is 4.74 Å². The summed E-state index contributed by atoms with van der Waals surface area (Å²) in [7, 11) is 0. The molecule has 1 aromatic carbocycles. The summed E-state index contributed by atoms with van der Waals surface area (Å²) in [5.41, 5.74) is 1.66. The minimum Gasteiger partial charge on any atom is -0.462 e. The van der Waals surface area contributed by atoms with Crippen molar-refractivity contribution in [2.75, 3.05) is 6.61 Å². The molecule has 0 atom stereocenters. The van der Waals surface area contributed by atoms with Crippen molar-refractivity contribution < 1.29 is 13.9 Å². The molecule has 5 nitrogen and oxygen atoms in total. The van der Waals surface area contributed by atoms with E-state index in [4.69, 9.17) is 4.74 Å². The SMILES string of the molecule is CCOC(=O)c1sc2c(=O)n(CC)nc(-c3ccc(F)cc3)c2c1C. The van der Waals surface area contributed by atoms with Crippen molar-refractivity contribution in [3.63, 3.8) is 0 Å². The number of benzene rings is 1. The molecular weight excluding hydrogens is 343 g/mol. The lowest BCUT2D eigenvalue weighted by atomic mass is 10.0. The lowest BCUT2D eigenvalue weighted by Gasteiger charge is -2.08. The first-order valence-corrected chi connectivity index (χ1v) is 8.76. The van der Waals surface area contributed by atoms with Crippen LogP contribution in [0.15, 0.2) is 29.1 Å². The Hall–Kier alpha value is -2.54. The van der Waals surface area contributed by atoms with E-state index in [2.05, 4.69) is 5.10 Å². The first-order valence-electron chi connectivity index (χ1n) is 7.95. The molecule has 0 bridgehead atoms. The highest BCUT2D eigenvalue weighted by Crippen LogP contribution is 2.35. The number of hydrogen-bond acceptors (Lipinski definition) is 5. The molecule has 0 saturated heterocycles.